The SMILES string of the molecule is CC(=O)[O-].CC(=O)[O-].CC(=O)[O-].CC(=O)[O-].CC(=O)[O-].CC(N)c1ccccc1.[Ru+3].[Zn+2]. The van der Waals surface area contributed by atoms with E-state index >= 15 is 0 Å². The van der Waals surface area contributed by atoms with Crippen LogP contribution in [0.3, 0.4) is 0 Å². The molecule has 31 heavy (non-hydrogen) atoms. The van der Waals surface area contributed by atoms with E-state index in [1.54, 1.807) is 0 Å². The summed E-state index contributed by atoms with van der Waals surface area (Å²) in [4.78, 5) is 44.4. The molecule has 0 bridgehead atoms. The Bertz CT molecular complexity index is 494. The van der Waals surface area contributed by atoms with Crippen LogP contribution < -0.4 is 31.3 Å². The van der Waals surface area contributed by atoms with Gasteiger partial charge >= 0.3 is 39.0 Å². The molecule has 2 N–H and O–H groups in total. The van der Waals surface area contributed by atoms with Crippen LogP contribution in [0.15, 0.2) is 30.3 Å². The van der Waals surface area contributed by atoms with Gasteiger partial charge in [0.25, 0.3) is 0 Å². The van der Waals surface area contributed by atoms with Gasteiger partial charge < -0.3 is 55.2 Å². The van der Waals surface area contributed by atoms with Gasteiger partial charge in [0, 0.05) is 35.9 Å². The van der Waals surface area contributed by atoms with Gasteiger partial charge in [0.15, 0.2) is 0 Å². The third kappa shape index (κ3) is 193. The molecule has 0 spiro atoms. The smallest absolute Gasteiger partial charge is 0.550 e. The average Bonchev–Trinajstić information content (AvgIpc) is 2.45. The first-order chi connectivity index (χ1) is 13.0. The predicted molar refractivity (Wildman–Crippen MR) is 92.4 cm³/mol. The van der Waals surface area contributed by atoms with E-state index in [9.17, 15) is 0 Å². The molecule has 0 aliphatic heterocycles. The van der Waals surface area contributed by atoms with Gasteiger partial charge in [-0.05, 0) is 47.1 Å². The maximum Gasteiger partial charge on any atom is 3.00 e. The van der Waals surface area contributed by atoms with Gasteiger partial charge in [0.05, 0.1) is 0 Å². The summed E-state index contributed by atoms with van der Waals surface area (Å²) in [6.45, 7) is 6.84. The number of carboxylic acids is 5. The molecule has 173 valence electrons. The van der Waals surface area contributed by atoms with E-state index < -0.39 is 29.8 Å². The molecule has 1 atom stereocenters. The molecule has 0 aromatic heterocycles. The molecular formula is C18H26NO10RuZn. The van der Waals surface area contributed by atoms with Crippen LogP contribution in [0.1, 0.15) is 53.1 Å². The molecule has 0 amide bonds. The van der Waals surface area contributed by atoms with Crippen LogP contribution in [-0.4, -0.2) is 29.8 Å². The number of carboxylic acid groups (broad SMARTS) is 5. The van der Waals surface area contributed by atoms with Crippen molar-refractivity contribution in [1.82, 2.24) is 0 Å². The molecule has 0 saturated carbocycles. The molecule has 1 unspecified atom stereocenters. The molecule has 1 aromatic rings. The molecule has 13 heteroatoms. The first-order valence-corrected chi connectivity index (χ1v) is 7.65. The zero-order valence-electron chi connectivity index (χ0n) is 18.2. The Labute approximate surface area is 207 Å². The Morgan fingerprint density at radius 3 is 0.903 bits per heavy atom. The second-order valence-electron chi connectivity index (χ2n) is 4.66. The van der Waals surface area contributed by atoms with Gasteiger partial charge in [-0.15, -0.1) is 0 Å². The quantitative estimate of drug-likeness (QED) is 0.310. The number of carbonyl (C=O) groups is 5. The van der Waals surface area contributed by atoms with Crippen LogP contribution in [0.5, 0.6) is 0 Å². The van der Waals surface area contributed by atoms with Crippen LogP contribution in [0.2, 0.25) is 0 Å². The minimum atomic E-state index is -1.08. The second-order valence-corrected chi connectivity index (χ2v) is 4.66. The van der Waals surface area contributed by atoms with Crippen LogP contribution in [-0.2, 0) is 62.9 Å². The summed E-state index contributed by atoms with van der Waals surface area (Å²) in [5, 5.41) is 44.4. The molecule has 0 aliphatic carbocycles. The van der Waals surface area contributed by atoms with Crippen LogP contribution in [0.4, 0.5) is 0 Å². The van der Waals surface area contributed by atoms with Crippen LogP contribution in [0, 0.1) is 0 Å². The standard InChI is InChI=1S/C8H11N.5C2H4O2.Ru.Zn/c1-7(9)8-5-3-2-4-6-8;5*1-2(3)4;;/h2-7H,9H2,1H3;5*1H3,(H,3,4);;/q;;;;;;+3;+2/p-5. The third-order valence-electron chi connectivity index (χ3n) is 1.33. The summed E-state index contributed by atoms with van der Waals surface area (Å²) in [6, 6.07) is 10.2. The summed E-state index contributed by atoms with van der Waals surface area (Å²) in [6.07, 6.45) is 0. The molecule has 0 heterocycles. The largest absolute Gasteiger partial charge is 3.00 e. The van der Waals surface area contributed by atoms with Crippen LogP contribution >= 0.6 is 0 Å². The molecule has 0 aliphatic rings. The Morgan fingerprint density at radius 1 is 0.645 bits per heavy atom. The van der Waals surface area contributed by atoms with E-state index in [2.05, 4.69) is 0 Å². The fourth-order valence-electron chi connectivity index (χ4n) is 0.757. The number of aliphatic carboxylic acids is 5. The van der Waals surface area contributed by atoms with Crippen molar-refractivity contribution in [3.05, 3.63) is 35.9 Å². The summed E-state index contributed by atoms with van der Waals surface area (Å²) >= 11 is 0. The molecular weight excluding hydrogens is 557 g/mol. The van der Waals surface area contributed by atoms with Crippen LogP contribution in [0.25, 0.3) is 0 Å². The van der Waals surface area contributed by atoms with Gasteiger partial charge in [-0.3, -0.25) is 0 Å². The van der Waals surface area contributed by atoms with Gasteiger partial charge in [0.1, 0.15) is 0 Å². The van der Waals surface area contributed by atoms with Gasteiger partial charge in [-0.25, -0.2) is 0 Å². The molecule has 1 aromatic carbocycles. The fraction of sp³-hybridized carbons (Fsp3) is 0.389. The molecule has 0 fully saturated rings. The zero-order chi connectivity index (χ0) is 24.6. The first-order valence-electron chi connectivity index (χ1n) is 7.65. The third-order valence-corrected chi connectivity index (χ3v) is 1.33. The topological polar surface area (TPSA) is 227 Å². The Balaban J connectivity index is -0.0000000463. The number of hydrogen-bond donors (Lipinski definition) is 1. The molecule has 1 rings (SSSR count). The molecule has 1 radical (unpaired) electrons. The number of hydrogen-bond acceptors (Lipinski definition) is 11. The predicted octanol–water partition coefficient (Wildman–Crippen LogP) is -4.52. The van der Waals surface area contributed by atoms with Gasteiger partial charge in [-0.2, -0.15) is 0 Å². The summed E-state index contributed by atoms with van der Waals surface area (Å²) < 4.78 is 0. The van der Waals surface area contributed by atoms with E-state index in [4.69, 9.17) is 55.2 Å². The maximum atomic E-state index is 8.89. The second kappa shape index (κ2) is 35.2. The average molecular weight is 583 g/mol. The summed E-state index contributed by atoms with van der Waals surface area (Å²) in [5.74, 6) is -5.42. The van der Waals surface area contributed by atoms with E-state index in [1.165, 1.54) is 5.56 Å². The van der Waals surface area contributed by atoms with E-state index in [0.717, 1.165) is 34.6 Å². The maximum absolute atomic E-state index is 8.89. The zero-order valence-corrected chi connectivity index (χ0v) is 22.9. The Morgan fingerprint density at radius 2 is 0.806 bits per heavy atom. The van der Waals surface area contributed by atoms with Crippen molar-refractivity contribution in [3.63, 3.8) is 0 Å². The number of nitrogens with two attached hydrogens (primary N) is 1. The minimum Gasteiger partial charge on any atom is -0.550 e. The van der Waals surface area contributed by atoms with Crippen molar-refractivity contribution >= 4 is 29.8 Å². The van der Waals surface area contributed by atoms with Crippen molar-refractivity contribution in [2.24, 2.45) is 5.73 Å². The number of benzene rings is 1. The van der Waals surface area contributed by atoms with E-state index in [1.807, 2.05) is 37.3 Å². The fourth-order valence-corrected chi connectivity index (χ4v) is 0.757. The Kier molecular flexibility index (Phi) is 53.2. The van der Waals surface area contributed by atoms with Crippen molar-refractivity contribution in [3.8, 4) is 0 Å². The van der Waals surface area contributed by atoms with E-state index in [-0.39, 0.29) is 45.0 Å². The number of carbonyl (C=O) groups excluding carboxylic acids is 5. The normalized spacial score (nSPS) is 7.84. The van der Waals surface area contributed by atoms with Gasteiger partial charge in [-0.1, -0.05) is 30.3 Å². The van der Waals surface area contributed by atoms with Crippen molar-refractivity contribution < 1.29 is 88.5 Å². The van der Waals surface area contributed by atoms with Gasteiger partial charge in [0.2, 0.25) is 0 Å². The molecule has 11 nitrogen and oxygen atoms in total. The Hall–Kier alpha value is -2.22. The van der Waals surface area contributed by atoms with Crippen molar-refractivity contribution in [2.75, 3.05) is 0 Å². The minimum absolute atomic E-state index is 0. The van der Waals surface area contributed by atoms with Crippen molar-refractivity contribution in [1.29, 1.82) is 0 Å². The van der Waals surface area contributed by atoms with E-state index in [0.29, 0.717) is 0 Å². The first kappa shape index (κ1) is 46.8. The molecule has 0 saturated heterocycles. The van der Waals surface area contributed by atoms with Crippen molar-refractivity contribution in [2.45, 2.75) is 47.6 Å². The summed E-state index contributed by atoms with van der Waals surface area (Å²) in [5.41, 5.74) is 6.81. The summed E-state index contributed by atoms with van der Waals surface area (Å²) in [7, 11) is 0. The monoisotopic (exact) mass is 582 g/mol. The number of rotatable bonds is 1.